The van der Waals surface area contributed by atoms with Crippen LogP contribution in [0.4, 0.5) is 0 Å². The summed E-state index contributed by atoms with van der Waals surface area (Å²) >= 11 is 5.92. The van der Waals surface area contributed by atoms with Gasteiger partial charge in [-0.05, 0) is 23.5 Å². The first-order chi connectivity index (χ1) is 8.95. The topological polar surface area (TPSA) is 17.8 Å². The van der Waals surface area contributed by atoms with Gasteiger partial charge in [0.1, 0.15) is 5.82 Å². The van der Waals surface area contributed by atoms with E-state index in [1.807, 2.05) is 6.07 Å². The Morgan fingerprint density at radius 3 is 2.58 bits per heavy atom. The van der Waals surface area contributed by atoms with Crippen molar-refractivity contribution in [2.24, 2.45) is 11.3 Å². The van der Waals surface area contributed by atoms with Crippen LogP contribution in [0.2, 0.25) is 0 Å². The highest BCUT2D eigenvalue weighted by atomic mass is 35.5. The lowest BCUT2D eigenvalue weighted by Gasteiger charge is -2.30. The third kappa shape index (κ3) is 2.94. The molecule has 1 aromatic heterocycles. The van der Waals surface area contributed by atoms with Gasteiger partial charge < -0.3 is 4.57 Å². The lowest BCUT2D eigenvalue weighted by molar-refractivity contribution is 0.210. The molecule has 2 nitrogen and oxygen atoms in total. The van der Waals surface area contributed by atoms with Crippen LogP contribution in [0.15, 0.2) is 24.3 Å². The first-order valence-corrected chi connectivity index (χ1v) is 7.49. The molecule has 2 rings (SSSR count). The standard InChI is InChI=1S/C16H23ClN2/c1-12(2)16(3,4)11-19-14-8-6-5-7-13(14)18-15(19)9-10-17/h5-8,12H,9-11H2,1-4H3. The van der Waals surface area contributed by atoms with E-state index in [1.54, 1.807) is 0 Å². The maximum atomic E-state index is 5.92. The summed E-state index contributed by atoms with van der Waals surface area (Å²) in [5.74, 6) is 2.34. The highest BCUT2D eigenvalue weighted by molar-refractivity contribution is 6.17. The van der Waals surface area contributed by atoms with Crippen molar-refractivity contribution < 1.29 is 0 Å². The number of aromatic nitrogens is 2. The fourth-order valence-corrected chi connectivity index (χ4v) is 2.34. The maximum Gasteiger partial charge on any atom is 0.111 e. The zero-order valence-electron chi connectivity index (χ0n) is 12.3. The van der Waals surface area contributed by atoms with E-state index in [0.717, 1.165) is 24.3 Å². The molecule has 0 atom stereocenters. The molecule has 0 aliphatic heterocycles. The second-order valence-corrected chi connectivity index (χ2v) is 6.56. The number of aryl methyl sites for hydroxylation is 1. The van der Waals surface area contributed by atoms with E-state index in [-0.39, 0.29) is 5.41 Å². The van der Waals surface area contributed by atoms with Gasteiger partial charge in [-0.25, -0.2) is 4.98 Å². The molecule has 0 aliphatic carbocycles. The highest BCUT2D eigenvalue weighted by Crippen LogP contribution is 2.30. The highest BCUT2D eigenvalue weighted by Gasteiger charge is 2.25. The van der Waals surface area contributed by atoms with Crippen LogP contribution in [0.3, 0.4) is 0 Å². The van der Waals surface area contributed by atoms with Crippen LogP contribution in [0.25, 0.3) is 11.0 Å². The van der Waals surface area contributed by atoms with E-state index >= 15 is 0 Å². The quantitative estimate of drug-likeness (QED) is 0.737. The van der Waals surface area contributed by atoms with Crippen LogP contribution in [0.5, 0.6) is 0 Å². The van der Waals surface area contributed by atoms with Gasteiger partial charge >= 0.3 is 0 Å². The molecule has 104 valence electrons. The molecule has 0 radical (unpaired) electrons. The zero-order valence-corrected chi connectivity index (χ0v) is 13.0. The van der Waals surface area contributed by atoms with Crippen molar-refractivity contribution in [2.45, 2.75) is 40.7 Å². The summed E-state index contributed by atoms with van der Waals surface area (Å²) in [7, 11) is 0. The molecule has 3 heteroatoms. The van der Waals surface area contributed by atoms with Gasteiger partial charge in [-0.15, -0.1) is 11.6 Å². The lowest BCUT2D eigenvalue weighted by Crippen LogP contribution is -2.26. The number of fused-ring (bicyclic) bond motifs is 1. The molecule has 0 unspecified atom stereocenters. The van der Waals surface area contributed by atoms with Crippen molar-refractivity contribution in [3.05, 3.63) is 30.1 Å². The molecule has 0 aliphatic rings. The minimum atomic E-state index is 0.241. The summed E-state index contributed by atoms with van der Waals surface area (Å²) in [5, 5.41) is 0. The van der Waals surface area contributed by atoms with E-state index in [4.69, 9.17) is 16.6 Å². The van der Waals surface area contributed by atoms with Gasteiger partial charge in [-0.2, -0.15) is 0 Å². The largest absolute Gasteiger partial charge is 0.327 e. The van der Waals surface area contributed by atoms with E-state index in [0.29, 0.717) is 11.8 Å². The van der Waals surface area contributed by atoms with E-state index in [1.165, 1.54) is 5.52 Å². The number of halogens is 1. The minimum absolute atomic E-state index is 0.241. The van der Waals surface area contributed by atoms with Crippen molar-refractivity contribution in [3.63, 3.8) is 0 Å². The maximum absolute atomic E-state index is 5.92. The third-order valence-electron chi connectivity index (χ3n) is 4.18. The Balaban J connectivity index is 2.47. The molecule has 0 saturated carbocycles. The van der Waals surface area contributed by atoms with Gasteiger partial charge in [0.2, 0.25) is 0 Å². The summed E-state index contributed by atoms with van der Waals surface area (Å²) in [5.41, 5.74) is 2.53. The molecule has 1 aromatic carbocycles. The average molecular weight is 279 g/mol. The monoisotopic (exact) mass is 278 g/mol. The molecule has 19 heavy (non-hydrogen) atoms. The van der Waals surface area contributed by atoms with Crippen LogP contribution in [-0.4, -0.2) is 15.4 Å². The molecule has 0 fully saturated rings. The van der Waals surface area contributed by atoms with Crippen LogP contribution in [-0.2, 0) is 13.0 Å². The number of para-hydroxylation sites is 2. The predicted molar refractivity (Wildman–Crippen MR) is 82.8 cm³/mol. The molecule has 0 spiro atoms. The fourth-order valence-electron chi connectivity index (χ4n) is 2.17. The number of benzene rings is 1. The summed E-state index contributed by atoms with van der Waals surface area (Å²) in [4.78, 5) is 4.72. The summed E-state index contributed by atoms with van der Waals surface area (Å²) < 4.78 is 2.34. The third-order valence-corrected chi connectivity index (χ3v) is 4.37. The van der Waals surface area contributed by atoms with Crippen molar-refractivity contribution >= 4 is 22.6 Å². The fraction of sp³-hybridized carbons (Fsp3) is 0.562. The first kappa shape index (κ1) is 14.4. The average Bonchev–Trinajstić information content (AvgIpc) is 2.68. The smallest absolute Gasteiger partial charge is 0.111 e. The van der Waals surface area contributed by atoms with Crippen LogP contribution < -0.4 is 0 Å². The Kier molecular flexibility index (Phi) is 4.19. The first-order valence-electron chi connectivity index (χ1n) is 6.96. The molecular formula is C16H23ClN2. The molecule has 0 amide bonds. The van der Waals surface area contributed by atoms with Crippen molar-refractivity contribution in [2.75, 3.05) is 5.88 Å². The molecular weight excluding hydrogens is 256 g/mol. The summed E-state index contributed by atoms with van der Waals surface area (Å²) in [6, 6.07) is 8.34. The lowest BCUT2D eigenvalue weighted by atomic mass is 9.81. The Labute approximate surface area is 120 Å². The Morgan fingerprint density at radius 2 is 1.95 bits per heavy atom. The van der Waals surface area contributed by atoms with Crippen molar-refractivity contribution in [1.82, 2.24) is 9.55 Å². The Morgan fingerprint density at radius 1 is 1.26 bits per heavy atom. The number of imidazole rings is 1. The summed E-state index contributed by atoms with van der Waals surface area (Å²) in [6.07, 6.45) is 0.824. The number of hydrogen-bond donors (Lipinski definition) is 0. The Bertz CT molecular complexity index is 555. The van der Waals surface area contributed by atoms with E-state index in [2.05, 4.69) is 50.5 Å². The number of alkyl halides is 1. The van der Waals surface area contributed by atoms with Gasteiger partial charge in [0.25, 0.3) is 0 Å². The van der Waals surface area contributed by atoms with Gasteiger partial charge in [-0.1, -0.05) is 39.8 Å². The number of hydrogen-bond acceptors (Lipinski definition) is 1. The van der Waals surface area contributed by atoms with Gasteiger partial charge in [0, 0.05) is 18.8 Å². The van der Waals surface area contributed by atoms with Gasteiger partial charge in [-0.3, -0.25) is 0 Å². The predicted octanol–water partition coefficient (Wildman–Crippen LogP) is 4.50. The second-order valence-electron chi connectivity index (χ2n) is 6.19. The minimum Gasteiger partial charge on any atom is -0.327 e. The molecule has 0 N–H and O–H groups in total. The van der Waals surface area contributed by atoms with Gasteiger partial charge in [0.15, 0.2) is 0 Å². The van der Waals surface area contributed by atoms with Crippen LogP contribution >= 0.6 is 11.6 Å². The molecule has 0 saturated heterocycles. The normalized spacial score (nSPS) is 12.5. The van der Waals surface area contributed by atoms with Crippen molar-refractivity contribution in [1.29, 1.82) is 0 Å². The molecule has 0 bridgehead atoms. The number of nitrogens with zero attached hydrogens (tertiary/aromatic N) is 2. The van der Waals surface area contributed by atoms with Crippen molar-refractivity contribution in [3.8, 4) is 0 Å². The zero-order chi connectivity index (χ0) is 14.0. The Hall–Kier alpha value is -1.02. The number of rotatable bonds is 5. The molecule has 2 aromatic rings. The second kappa shape index (κ2) is 5.54. The van der Waals surface area contributed by atoms with E-state index in [9.17, 15) is 0 Å². The van der Waals surface area contributed by atoms with E-state index < -0.39 is 0 Å². The van der Waals surface area contributed by atoms with Gasteiger partial charge in [0.05, 0.1) is 11.0 Å². The SMILES string of the molecule is CC(C)C(C)(C)Cn1c(CCCl)nc2ccccc21. The van der Waals surface area contributed by atoms with Crippen LogP contribution in [0.1, 0.15) is 33.5 Å². The van der Waals surface area contributed by atoms with Crippen LogP contribution in [0, 0.1) is 11.3 Å². The summed E-state index contributed by atoms with van der Waals surface area (Å²) in [6.45, 7) is 10.2. The molecule has 1 heterocycles.